The van der Waals surface area contributed by atoms with Gasteiger partial charge in [-0.3, -0.25) is 9.59 Å². The molecule has 3 aromatic carbocycles. The first-order chi connectivity index (χ1) is 17.0. The number of aryl methyl sites for hydroxylation is 1. The van der Waals surface area contributed by atoms with Crippen LogP contribution in [0.4, 0.5) is 11.4 Å². The van der Waals surface area contributed by atoms with E-state index < -0.39 is 11.8 Å². The van der Waals surface area contributed by atoms with Gasteiger partial charge in [0.25, 0.3) is 11.8 Å². The summed E-state index contributed by atoms with van der Waals surface area (Å²) < 4.78 is 16.3. The van der Waals surface area contributed by atoms with Gasteiger partial charge in [-0.25, -0.2) is 0 Å². The summed E-state index contributed by atoms with van der Waals surface area (Å²) in [5.74, 6) is 0.0546. The topological polar surface area (TPSA) is 107 Å². The summed E-state index contributed by atoms with van der Waals surface area (Å²) in [4.78, 5) is 26.1. The molecule has 0 unspecified atom stereocenters. The summed E-state index contributed by atoms with van der Waals surface area (Å²) in [6, 6.07) is 23.2. The van der Waals surface area contributed by atoms with Crippen LogP contribution in [-0.2, 0) is 0 Å². The highest BCUT2D eigenvalue weighted by Crippen LogP contribution is 2.32. The Hall–Kier alpha value is -4.85. The Balaban J connectivity index is 1.42. The number of benzene rings is 3. The standard InChI is InChI=1S/C27H21N3O5/c1-16-7-9-17(10-8-16)23-15-21(30-35-23)26(31)29-24-20-5-3-4-6-22(20)34-25(24)27(32)28-18-11-13-19(33-2)14-12-18/h3-15H,1-2H3,(H,28,32)(H,29,31). The third kappa shape index (κ3) is 4.49. The molecule has 2 heterocycles. The molecule has 0 radical (unpaired) electrons. The van der Waals surface area contributed by atoms with E-state index in [-0.39, 0.29) is 17.1 Å². The fraction of sp³-hybridized carbons (Fsp3) is 0.0741. The second-order valence-corrected chi connectivity index (χ2v) is 7.88. The van der Waals surface area contributed by atoms with Crippen molar-refractivity contribution in [1.82, 2.24) is 5.16 Å². The van der Waals surface area contributed by atoms with E-state index in [2.05, 4.69) is 15.8 Å². The smallest absolute Gasteiger partial charge is 0.293 e. The highest BCUT2D eigenvalue weighted by atomic mass is 16.5. The maximum atomic E-state index is 13.1. The highest BCUT2D eigenvalue weighted by molar-refractivity contribution is 6.16. The van der Waals surface area contributed by atoms with Gasteiger partial charge in [0.1, 0.15) is 17.0 Å². The number of methoxy groups -OCH3 is 1. The van der Waals surface area contributed by atoms with E-state index in [1.54, 1.807) is 61.7 Å². The highest BCUT2D eigenvalue weighted by Gasteiger charge is 2.24. The number of furan rings is 1. The van der Waals surface area contributed by atoms with Crippen molar-refractivity contribution in [1.29, 1.82) is 0 Å². The Bertz CT molecular complexity index is 1520. The van der Waals surface area contributed by atoms with E-state index in [9.17, 15) is 9.59 Å². The first-order valence-electron chi connectivity index (χ1n) is 10.8. The van der Waals surface area contributed by atoms with Crippen molar-refractivity contribution in [3.05, 3.63) is 95.9 Å². The number of carbonyl (C=O) groups excluding carboxylic acids is 2. The average Bonchev–Trinajstić information content (AvgIpc) is 3.51. The number of para-hydroxylation sites is 1. The van der Waals surface area contributed by atoms with E-state index in [0.717, 1.165) is 11.1 Å². The maximum absolute atomic E-state index is 13.1. The minimum Gasteiger partial charge on any atom is -0.497 e. The lowest BCUT2D eigenvalue weighted by Gasteiger charge is -2.07. The zero-order valence-electron chi connectivity index (χ0n) is 19.0. The van der Waals surface area contributed by atoms with Gasteiger partial charge < -0.3 is 24.3 Å². The molecule has 2 aromatic heterocycles. The largest absolute Gasteiger partial charge is 0.497 e. The number of aromatic nitrogens is 1. The Morgan fingerprint density at radius 3 is 2.37 bits per heavy atom. The van der Waals surface area contributed by atoms with Crippen molar-refractivity contribution in [2.45, 2.75) is 6.92 Å². The fourth-order valence-electron chi connectivity index (χ4n) is 3.61. The number of hydrogen-bond donors (Lipinski definition) is 2. The summed E-state index contributed by atoms with van der Waals surface area (Å²) in [6.07, 6.45) is 0. The second-order valence-electron chi connectivity index (χ2n) is 7.88. The zero-order chi connectivity index (χ0) is 24.4. The molecule has 0 spiro atoms. The number of nitrogens with zero attached hydrogens (tertiary/aromatic N) is 1. The van der Waals surface area contributed by atoms with Crippen LogP contribution in [0.3, 0.4) is 0 Å². The molecular weight excluding hydrogens is 446 g/mol. The van der Waals surface area contributed by atoms with Crippen LogP contribution in [-0.4, -0.2) is 24.1 Å². The van der Waals surface area contributed by atoms with Crippen LogP contribution in [0.2, 0.25) is 0 Å². The maximum Gasteiger partial charge on any atom is 0.293 e. The van der Waals surface area contributed by atoms with Crippen LogP contribution in [0.25, 0.3) is 22.3 Å². The molecule has 0 saturated heterocycles. The van der Waals surface area contributed by atoms with E-state index in [4.69, 9.17) is 13.7 Å². The Kier molecular flexibility index (Phi) is 5.76. The zero-order valence-corrected chi connectivity index (χ0v) is 19.0. The van der Waals surface area contributed by atoms with Crippen LogP contribution in [0.15, 0.2) is 87.8 Å². The number of rotatable bonds is 6. The van der Waals surface area contributed by atoms with E-state index in [1.807, 2.05) is 31.2 Å². The lowest BCUT2D eigenvalue weighted by molar-refractivity contribution is 0.0999. The molecule has 0 bridgehead atoms. The molecule has 35 heavy (non-hydrogen) atoms. The number of anilines is 2. The van der Waals surface area contributed by atoms with Gasteiger partial charge in [-0.2, -0.15) is 0 Å². The van der Waals surface area contributed by atoms with Gasteiger partial charge >= 0.3 is 0 Å². The molecule has 0 aliphatic heterocycles. The van der Waals surface area contributed by atoms with Crippen LogP contribution in [0, 0.1) is 6.92 Å². The number of amides is 2. The van der Waals surface area contributed by atoms with E-state index >= 15 is 0 Å². The molecule has 8 nitrogen and oxygen atoms in total. The molecule has 5 rings (SSSR count). The molecule has 174 valence electrons. The SMILES string of the molecule is COc1ccc(NC(=O)c2oc3ccccc3c2NC(=O)c2cc(-c3ccc(C)cc3)on2)cc1. The lowest BCUT2D eigenvalue weighted by Crippen LogP contribution is -2.17. The first-order valence-corrected chi connectivity index (χ1v) is 10.8. The summed E-state index contributed by atoms with van der Waals surface area (Å²) in [6.45, 7) is 1.99. The molecule has 2 amide bonds. The van der Waals surface area contributed by atoms with Crippen LogP contribution >= 0.6 is 0 Å². The van der Waals surface area contributed by atoms with Crippen molar-refractivity contribution >= 4 is 34.2 Å². The van der Waals surface area contributed by atoms with E-state index in [1.165, 1.54) is 0 Å². The Morgan fingerprint density at radius 2 is 1.63 bits per heavy atom. The third-order valence-corrected chi connectivity index (χ3v) is 5.47. The van der Waals surface area contributed by atoms with Crippen LogP contribution < -0.4 is 15.4 Å². The molecule has 0 saturated carbocycles. The quantitative estimate of drug-likeness (QED) is 0.322. The van der Waals surface area contributed by atoms with Crippen molar-refractivity contribution in [2.75, 3.05) is 17.7 Å². The average molecular weight is 467 g/mol. The van der Waals surface area contributed by atoms with Gasteiger partial charge in [0, 0.05) is 22.7 Å². The normalized spacial score (nSPS) is 10.8. The van der Waals surface area contributed by atoms with E-state index in [0.29, 0.717) is 28.2 Å². The number of nitrogens with one attached hydrogen (secondary N) is 2. The molecule has 5 aromatic rings. The third-order valence-electron chi connectivity index (χ3n) is 5.47. The number of hydrogen-bond acceptors (Lipinski definition) is 6. The first kappa shape index (κ1) is 22.0. The van der Waals surface area contributed by atoms with Crippen molar-refractivity contribution in [2.24, 2.45) is 0 Å². The van der Waals surface area contributed by atoms with Gasteiger partial charge in [-0.1, -0.05) is 47.1 Å². The van der Waals surface area contributed by atoms with Crippen LogP contribution in [0.5, 0.6) is 5.75 Å². The number of fused-ring (bicyclic) bond motifs is 1. The predicted molar refractivity (Wildman–Crippen MR) is 132 cm³/mol. The van der Waals surface area contributed by atoms with Crippen molar-refractivity contribution < 1.29 is 23.3 Å². The minimum atomic E-state index is -0.530. The fourth-order valence-corrected chi connectivity index (χ4v) is 3.61. The van der Waals surface area contributed by atoms with Gasteiger partial charge in [-0.05, 0) is 43.3 Å². The summed E-state index contributed by atoms with van der Waals surface area (Å²) in [5.41, 5.74) is 3.24. The molecule has 8 heteroatoms. The Labute approximate surface area is 200 Å². The van der Waals surface area contributed by atoms with Gasteiger partial charge in [0.2, 0.25) is 5.76 Å². The minimum absolute atomic E-state index is 0.0300. The van der Waals surface area contributed by atoms with Gasteiger partial charge in [0.05, 0.1) is 7.11 Å². The lowest BCUT2D eigenvalue weighted by atomic mass is 10.1. The second kappa shape index (κ2) is 9.18. The van der Waals surface area contributed by atoms with Crippen LogP contribution in [0.1, 0.15) is 26.6 Å². The van der Waals surface area contributed by atoms with Crippen molar-refractivity contribution in [3.63, 3.8) is 0 Å². The van der Waals surface area contributed by atoms with Gasteiger partial charge in [-0.15, -0.1) is 0 Å². The Morgan fingerprint density at radius 1 is 0.886 bits per heavy atom. The molecule has 0 aliphatic carbocycles. The van der Waals surface area contributed by atoms with Gasteiger partial charge in [0.15, 0.2) is 11.5 Å². The summed E-state index contributed by atoms with van der Waals surface area (Å²) in [7, 11) is 1.57. The predicted octanol–water partition coefficient (Wildman–Crippen LogP) is 5.91. The molecule has 0 aliphatic rings. The van der Waals surface area contributed by atoms with Crippen molar-refractivity contribution in [3.8, 4) is 17.1 Å². The summed E-state index contributed by atoms with van der Waals surface area (Å²) >= 11 is 0. The molecule has 0 atom stereocenters. The summed E-state index contributed by atoms with van der Waals surface area (Å²) in [5, 5.41) is 10.0. The molecular formula is C27H21N3O5. The monoisotopic (exact) mass is 467 g/mol. The number of carbonyl (C=O) groups is 2. The number of ether oxygens (including phenoxy) is 1. The molecule has 2 N–H and O–H groups in total. The molecule has 0 fully saturated rings.